The van der Waals surface area contributed by atoms with Gasteiger partial charge in [-0.25, -0.2) is 4.79 Å². The smallest absolute Gasteiger partial charge is 0.318 e. The lowest BCUT2D eigenvalue weighted by atomic mass is 10.3. The van der Waals surface area contributed by atoms with Crippen LogP contribution >= 0.6 is 0 Å². The van der Waals surface area contributed by atoms with Crippen LogP contribution in [0.5, 0.6) is 0 Å². The molecule has 9 heteroatoms. The number of urea groups is 1. The standard InChI is InChI=1S/C10H11N7O2/c11-10(19)13-8(18)3-5-17-15-9(14-16-17)7-2-1-4-12-6-7/h1-2,4,6H,3,5H2,(H3,11,13,18,19). The molecule has 0 saturated carbocycles. The van der Waals surface area contributed by atoms with Crippen molar-refractivity contribution in [2.24, 2.45) is 5.73 Å². The Morgan fingerprint density at radius 2 is 2.26 bits per heavy atom. The van der Waals surface area contributed by atoms with Crippen LogP contribution in [0.2, 0.25) is 0 Å². The molecular formula is C10H11N7O2. The third-order valence-electron chi connectivity index (χ3n) is 2.17. The van der Waals surface area contributed by atoms with Crippen LogP contribution in [0.3, 0.4) is 0 Å². The molecule has 0 atom stereocenters. The lowest BCUT2D eigenvalue weighted by molar-refractivity contribution is -0.120. The summed E-state index contributed by atoms with van der Waals surface area (Å²) < 4.78 is 0. The minimum Gasteiger partial charge on any atom is -0.351 e. The number of nitrogens with one attached hydrogen (secondary N) is 1. The number of carbonyl (C=O) groups excluding carboxylic acids is 2. The largest absolute Gasteiger partial charge is 0.351 e. The first kappa shape index (κ1) is 12.6. The van der Waals surface area contributed by atoms with Gasteiger partial charge in [0.05, 0.1) is 6.54 Å². The second-order valence-corrected chi connectivity index (χ2v) is 3.61. The maximum atomic E-state index is 11.2. The first-order chi connectivity index (χ1) is 9.15. The summed E-state index contributed by atoms with van der Waals surface area (Å²) in [4.78, 5) is 26.8. The molecule has 0 radical (unpaired) electrons. The van der Waals surface area contributed by atoms with Gasteiger partial charge in [-0.15, -0.1) is 10.2 Å². The van der Waals surface area contributed by atoms with Crippen LogP contribution in [0, 0.1) is 0 Å². The number of nitrogens with two attached hydrogens (primary N) is 1. The van der Waals surface area contributed by atoms with Gasteiger partial charge in [0.25, 0.3) is 0 Å². The zero-order valence-electron chi connectivity index (χ0n) is 9.85. The highest BCUT2D eigenvalue weighted by Gasteiger charge is 2.08. The molecule has 0 unspecified atom stereocenters. The summed E-state index contributed by atoms with van der Waals surface area (Å²) in [5, 5.41) is 13.7. The monoisotopic (exact) mass is 261 g/mol. The maximum absolute atomic E-state index is 11.2. The van der Waals surface area contributed by atoms with Gasteiger partial charge in [0.2, 0.25) is 11.7 Å². The molecular weight excluding hydrogens is 250 g/mol. The Hall–Kier alpha value is -2.84. The van der Waals surface area contributed by atoms with E-state index in [4.69, 9.17) is 5.73 Å². The van der Waals surface area contributed by atoms with Gasteiger partial charge in [-0.3, -0.25) is 15.1 Å². The number of carbonyl (C=O) groups is 2. The summed E-state index contributed by atoms with van der Waals surface area (Å²) >= 11 is 0. The van der Waals surface area contributed by atoms with Gasteiger partial charge in [0, 0.05) is 24.4 Å². The SMILES string of the molecule is NC(=O)NC(=O)CCn1nnc(-c2cccnc2)n1. The van der Waals surface area contributed by atoms with E-state index in [2.05, 4.69) is 20.4 Å². The summed E-state index contributed by atoms with van der Waals surface area (Å²) in [6.45, 7) is 0.201. The van der Waals surface area contributed by atoms with E-state index < -0.39 is 11.9 Å². The number of rotatable bonds is 4. The number of primary amides is 1. The predicted octanol–water partition coefficient (Wildman–Crippen LogP) is -0.680. The van der Waals surface area contributed by atoms with Gasteiger partial charge < -0.3 is 5.73 Å². The number of aryl methyl sites for hydroxylation is 1. The Bertz CT molecular complexity index is 581. The molecule has 2 aromatic rings. The van der Waals surface area contributed by atoms with Crippen molar-refractivity contribution in [3.05, 3.63) is 24.5 Å². The summed E-state index contributed by atoms with van der Waals surface area (Å²) in [6, 6.07) is 2.68. The van der Waals surface area contributed by atoms with Crippen molar-refractivity contribution in [2.75, 3.05) is 0 Å². The van der Waals surface area contributed by atoms with E-state index >= 15 is 0 Å². The second-order valence-electron chi connectivity index (χ2n) is 3.61. The first-order valence-electron chi connectivity index (χ1n) is 5.42. The minimum absolute atomic E-state index is 0.0335. The highest BCUT2D eigenvalue weighted by atomic mass is 16.2. The van der Waals surface area contributed by atoms with Gasteiger partial charge in [-0.05, 0) is 17.3 Å². The van der Waals surface area contributed by atoms with Crippen LogP contribution in [0.25, 0.3) is 11.4 Å². The Labute approximate surface area is 107 Å². The number of nitrogens with zero attached hydrogens (tertiary/aromatic N) is 5. The first-order valence-corrected chi connectivity index (χ1v) is 5.42. The van der Waals surface area contributed by atoms with Gasteiger partial charge in [0.15, 0.2) is 0 Å². The molecule has 3 N–H and O–H groups in total. The van der Waals surface area contributed by atoms with Crippen LogP contribution in [0.1, 0.15) is 6.42 Å². The molecule has 0 fully saturated rings. The Balaban J connectivity index is 1.95. The quantitative estimate of drug-likeness (QED) is 0.750. The lowest BCUT2D eigenvalue weighted by Gasteiger charge is -1.99. The fourth-order valence-corrected chi connectivity index (χ4v) is 1.35. The topological polar surface area (TPSA) is 129 Å². The predicted molar refractivity (Wildman–Crippen MR) is 63.4 cm³/mol. The van der Waals surface area contributed by atoms with E-state index in [1.54, 1.807) is 24.5 Å². The van der Waals surface area contributed by atoms with Crippen LogP contribution in [0.4, 0.5) is 4.79 Å². The number of pyridine rings is 1. The molecule has 2 rings (SSSR count). The average Bonchev–Trinajstić information content (AvgIpc) is 2.85. The molecule has 3 amide bonds. The fourth-order valence-electron chi connectivity index (χ4n) is 1.35. The molecule has 0 aliphatic heterocycles. The normalized spacial score (nSPS) is 10.1. The lowest BCUT2D eigenvalue weighted by Crippen LogP contribution is -2.35. The molecule has 0 saturated heterocycles. The molecule has 98 valence electrons. The van der Waals surface area contributed by atoms with E-state index in [9.17, 15) is 9.59 Å². The molecule has 0 bridgehead atoms. The summed E-state index contributed by atoms with van der Waals surface area (Å²) in [7, 11) is 0. The van der Waals surface area contributed by atoms with Gasteiger partial charge in [-0.2, -0.15) is 4.80 Å². The highest BCUT2D eigenvalue weighted by Crippen LogP contribution is 2.10. The Kier molecular flexibility index (Phi) is 3.76. The molecule has 0 aromatic carbocycles. The minimum atomic E-state index is -0.882. The maximum Gasteiger partial charge on any atom is 0.318 e. The highest BCUT2D eigenvalue weighted by molar-refractivity contribution is 5.93. The molecule has 19 heavy (non-hydrogen) atoms. The van der Waals surface area contributed by atoms with Crippen molar-refractivity contribution < 1.29 is 9.59 Å². The number of tetrazole rings is 1. The second kappa shape index (κ2) is 5.67. The number of aromatic nitrogens is 5. The third-order valence-corrected chi connectivity index (χ3v) is 2.17. The molecule has 0 spiro atoms. The molecule has 9 nitrogen and oxygen atoms in total. The van der Waals surface area contributed by atoms with Crippen LogP contribution < -0.4 is 11.1 Å². The van der Waals surface area contributed by atoms with Crippen molar-refractivity contribution in [3.63, 3.8) is 0 Å². The van der Waals surface area contributed by atoms with E-state index in [-0.39, 0.29) is 13.0 Å². The van der Waals surface area contributed by atoms with Gasteiger partial charge in [-0.1, -0.05) is 0 Å². The number of imide groups is 1. The van der Waals surface area contributed by atoms with Crippen LogP contribution in [-0.2, 0) is 11.3 Å². The number of hydrogen-bond donors (Lipinski definition) is 2. The summed E-state index contributed by atoms with van der Waals surface area (Å²) in [5.41, 5.74) is 5.55. The fraction of sp³-hybridized carbons (Fsp3) is 0.200. The number of hydrogen-bond acceptors (Lipinski definition) is 6. The van der Waals surface area contributed by atoms with Crippen LogP contribution in [0.15, 0.2) is 24.5 Å². The van der Waals surface area contributed by atoms with Crippen molar-refractivity contribution in [1.82, 2.24) is 30.5 Å². The van der Waals surface area contributed by atoms with Crippen molar-refractivity contribution in [2.45, 2.75) is 13.0 Å². The van der Waals surface area contributed by atoms with Gasteiger partial charge in [0.1, 0.15) is 0 Å². The molecule has 2 heterocycles. The molecule has 2 aromatic heterocycles. The molecule has 0 aliphatic carbocycles. The van der Waals surface area contributed by atoms with Gasteiger partial charge >= 0.3 is 6.03 Å². The van der Waals surface area contributed by atoms with E-state index in [0.29, 0.717) is 5.82 Å². The van der Waals surface area contributed by atoms with Crippen molar-refractivity contribution >= 4 is 11.9 Å². The number of amides is 3. The van der Waals surface area contributed by atoms with Crippen molar-refractivity contribution in [3.8, 4) is 11.4 Å². The third kappa shape index (κ3) is 3.56. The van der Waals surface area contributed by atoms with E-state index in [0.717, 1.165) is 5.56 Å². The molecule has 0 aliphatic rings. The van der Waals surface area contributed by atoms with Crippen LogP contribution in [-0.4, -0.2) is 37.1 Å². The van der Waals surface area contributed by atoms with E-state index in [1.807, 2.05) is 5.32 Å². The Morgan fingerprint density at radius 3 is 2.95 bits per heavy atom. The van der Waals surface area contributed by atoms with Crippen molar-refractivity contribution in [1.29, 1.82) is 0 Å². The Morgan fingerprint density at radius 1 is 1.42 bits per heavy atom. The zero-order valence-corrected chi connectivity index (χ0v) is 9.85. The summed E-state index contributed by atoms with van der Waals surface area (Å²) in [5.74, 6) is -0.0730. The van der Waals surface area contributed by atoms with E-state index in [1.165, 1.54) is 4.80 Å². The summed E-state index contributed by atoms with van der Waals surface area (Å²) in [6.07, 6.45) is 3.29. The average molecular weight is 261 g/mol. The zero-order chi connectivity index (χ0) is 13.7.